The van der Waals surface area contributed by atoms with E-state index in [2.05, 4.69) is 61.5 Å². The Morgan fingerprint density at radius 3 is 2.17 bits per heavy atom. The van der Waals surface area contributed by atoms with Crippen molar-refractivity contribution in [1.29, 1.82) is 5.41 Å². The third-order valence-electron chi connectivity index (χ3n) is 4.48. The maximum atomic E-state index is 7.36. The SMILES string of the molecule is Cc1cc(C=N)ccc1-c1ccc(C(CN)c2ccccc2)cc1. The summed E-state index contributed by atoms with van der Waals surface area (Å²) < 4.78 is 0. The fraction of sp³-hybridized carbons (Fsp3) is 0.136. The lowest BCUT2D eigenvalue weighted by Crippen LogP contribution is -2.13. The molecule has 120 valence electrons. The van der Waals surface area contributed by atoms with Crippen molar-refractivity contribution in [2.24, 2.45) is 5.73 Å². The fourth-order valence-electron chi connectivity index (χ4n) is 3.15. The van der Waals surface area contributed by atoms with Crippen LogP contribution in [0.4, 0.5) is 0 Å². The zero-order valence-corrected chi connectivity index (χ0v) is 13.9. The second-order valence-electron chi connectivity index (χ2n) is 6.04. The lowest BCUT2D eigenvalue weighted by molar-refractivity contribution is 0.819. The molecule has 0 bridgehead atoms. The van der Waals surface area contributed by atoms with Crippen LogP contribution in [-0.2, 0) is 0 Å². The quantitative estimate of drug-likeness (QED) is 0.656. The van der Waals surface area contributed by atoms with E-state index in [9.17, 15) is 0 Å². The summed E-state index contributed by atoms with van der Waals surface area (Å²) in [6.45, 7) is 2.68. The molecule has 1 unspecified atom stereocenters. The zero-order chi connectivity index (χ0) is 16.9. The van der Waals surface area contributed by atoms with Gasteiger partial charge in [-0.1, -0.05) is 66.7 Å². The summed E-state index contributed by atoms with van der Waals surface area (Å²) in [5.74, 6) is 0.224. The average molecular weight is 314 g/mol. The monoisotopic (exact) mass is 314 g/mol. The summed E-state index contributed by atoms with van der Waals surface area (Å²) in [5, 5.41) is 7.36. The Morgan fingerprint density at radius 1 is 0.917 bits per heavy atom. The fourth-order valence-corrected chi connectivity index (χ4v) is 3.15. The van der Waals surface area contributed by atoms with Crippen LogP contribution in [0.3, 0.4) is 0 Å². The van der Waals surface area contributed by atoms with Crippen LogP contribution >= 0.6 is 0 Å². The van der Waals surface area contributed by atoms with E-state index >= 15 is 0 Å². The van der Waals surface area contributed by atoms with Crippen molar-refractivity contribution in [2.45, 2.75) is 12.8 Å². The summed E-state index contributed by atoms with van der Waals surface area (Å²) in [6.07, 6.45) is 1.38. The maximum absolute atomic E-state index is 7.36. The molecule has 3 N–H and O–H groups in total. The molecule has 0 aliphatic rings. The zero-order valence-electron chi connectivity index (χ0n) is 13.9. The molecule has 2 heteroatoms. The minimum Gasteiger partial charge on any atom is -0.330 e. The van der Waals surface area contributed by atoms with Gasteiger partial charge in [0.2, 0.25) is 0 Å². The molecule has 0 spiro atoms. The van der Waals surface area contributed by atoms with Crippen molar-refractivity contribution in [1.82, 2.24) is 0 Å². The highest BCUT2D eigenvalue weighted by molar-refractivity contribution is 5.80. The standard InChI is InChI=1S/C22H22N2/c1-16-13-17(14-23)7-12-21(16)19-8-10-20(11-9-19)22(15-24)18-5-3-2-4-6-18/h2-14,22-23H,15,24H2,1H3. The molecule has 3 rings (SSSR count). The van der Waals surface area contributed by atoms with E-state index in [0.717, 1.165) is 5.56 Å². The highest BCUT2D eigenvalue weighted by atomic mass is 14.5. The van der Waals surface area contributed by atoms with Crippen LogP contribution in [0.15, 0.2) is 72.8 Å². The number of nitrogens with one attached hydrogen (secondary N) is 1. The van der Waals surface area contributed by atoms with E-state index in [1.54, 1.807) is 0 Å². The first-order chi connectivity index (χ1) is 11.7. The van der Waals surface area contributed by atoms with Crippen LogP contribution in [-0.4, -0.2) is 12.8 Å². The Bertz CT molecular complexity index is 820. The van der Waals surface area contributed by atoms with E-state index in [1.165, 1.54) is 34.0 Å². The molecule has 0 saturated heterocycles. The third kappa shape index (κ3) is 3.29. The lowest BCUT2D eigenvalue weighted by Gasteiger charge is -2.16. The predicted molar refractivity (Wildman–Crippen MR) is 102 cm³/mol. The van der Waals surface area contributed by atoms with E-state index in [1.807, 2.05) is 18.2 Å². The third-order valence-corrected chi connectivity index (χ3v) is 4.48. The van der Waals surface area contributed by atoms with Gasteiger partial charge in [-0.2, -0.15) is 0 Å². The number of aryl methyl sites for hydroxylation is 1. The lowest BCUT2D eigenvalue weighted by atomic mass is 9.89. The summed E-state index contributed by atoms with van der Waals surface area (Å²) >= 11 is 0. The topological polar surface area (TPSA) is 49.9 Å². The Balaban J connectivity index is 1.91. The van der Waals surface area contributed by atoms with Gasteiger partial charge < -0.3 is 11.1 Å². The Hall–Kier alpha value is -2.71. The molecule has 3 aromatic carbocycles. The highest BCUT2D eigenvalue weighted by Gasteiger charge is 2.12. The van der Waals surface area contributed by atoms with Crippen LogP contribution in [0, 0.1) is 12.3 Å². The molecular weight excluding hydrogens is 292 g/mol. The Morgan fingerprint density at radius 2 is 1.58 bits per heavy atom. The number of benzene rings is 3. The number of hydrogen-bond donors (Lipinski definition) is 2. The maximum Gasteiger partial charge on any atom is 0.0250 e. The summed E-state index contributed by atoms with van der Waals surface area (Å²) in [4.78, 5) is 0. The van der Waals surface area contributed by atoms with Gasteiger partial charge in [-0.3, -0.25) is 0 Å². The molecule has 0 saturated carbocycles. The van der Waals surface area contributed by atoms with E-state index in [-0.39, 0.29) is 5.92 Å². The van der Waals surface area contributed by atoms with Crippen LogP contribution < -0.4 is 5.73 Å². The van der Waals surface area contributed by atoms with E-state index in [4.69, 9.17) is 11.1 Å². The highest BCUT2D eigenvalue weighted by Crippen LogP contribution is 2.28. The molecule has 24 heavy (non-hydrogen) atoms. The summed E-state index contributed by atoms with van der Waals surface area (Å²) in [6, 6.07) is 25.2. The minimum atomic E-state index is 0.224. The molecule has 0 fully saturated rings. The largest absolute Gasteiger partial charge is 0.330 e. The smallest absolute Gasteiger partial charge is 0.0250 e. The summed E-state index contributed by atoms with van der Waals surface area (Å²) in [7, 11) is 0. The first-order valence-electron chi connectivity index (χ1n) is 8.19. The molecule has 0 radical (unpaired) electrons. The van der Waals surface area contributed by atoms with Gasteiger partial charge in [-0.05, 0) is 46.4 Å². The first-order valence-corrected chi connectivity index (χ1v) is 8.19. The normalized spacial score (nSPS) is 11.9. The molecule has 2 nitrogen and oxygen atoms in total. The van der Waals surface area contributed by atoms with E-state index < -0.39 is 0 Å². The van der Waals surface area contributed by atoms with Crippen LogP contribution in [0.2, 0.25) is 0 Å². The van der Waals surface area contributed by atoms with Crippen molar-refractivity contribution in [2.75, 3.05) is 6.54 Å². The molecule has 0 aromatic heterocycles. The van der Waals surface area contributed by atoms with Gasteiger partial charge in [0.25, 0.3) is 0 Å². The van der Waals surface area contributed by atoms with Gasteiger partial charge in [-0.25, -0.2) is 0 Å². The average Bonchev–Trinajstić information content (AvgIpc) is 2.64. The molecule has 3 aromatic rings. The van der Waals surface area contributed by atoms with Crippen molar-refractivity contribution in [3.05, 3.63) is 95.1 Å². The van der Waals surface area contributed by atoms with Crippen molar-refractivity contribution < 1.29 is 0 Å². The van der Waals surface area contributed by atoms with Gasteiger partial charge in [0.05, 0.1) is 0 Å². The van der Waals surface area contributed by atoms with Crippen molar-refractivity contribution in [3.8, 4) is 11.1 Å². The predicted octanol–water partition coefficient (Wildman–Crippen LogP) is 4.75. The Kier molecular flexibility index (Phi) is 4.88. The van der Waals surface area contributed by atoms with Crippen LogP contribution in [0.25, 0.3) is 11.1 Å². The van der Waals surface area contributed by atoms with Crippen molar-refractivity contribution in [3.63, 3.8) is 0 Å². The molecule has 1 atom stereocenters. The van der Waals surface area contributed by atoms with Crippen LogP contribution in [0.5, 0.6) is 0 Å². The van der Waals surface area contributed by atoms with Crippen molar-refractivity contribution >= 4 is 6.21 Å². The van der Waals surface area contributed by atoms with Gasteiger partial charge >= 0.3 is 0 Å². The summed E-state index contributed by atoms with van der Waals surface area (Å²) in [5.41, 5.74) is 13.0. The second-order valence-corrected chi connectivity index (χ2v) is 6.04. The molecule has 0 aliphatic carbocycles. The number of rotatable bonds is 5. The molecule has 0 heterocycles. The molecular formula is C22H22N2. The van der Waals surface area contributed by atoms with Crippen LogP contribution in [0.1, 0.15) is 28.2 Å². The van der Waals surface area contributed by atoms with Gasteiger partial charge in [0.1, 0.15) is 0 Å². The van der Waals surface area contributed by atoms with E-state index in [0.29, 0.717) is 6.54 Å². The molecule has 0 amide bonds. The number of hydrogen-bond acceptors (Lipinski definition) is 2. The second kappa shape index (κ2) is 7.24. The van der Waals surface area contributed by atoms with Gasteiger partial charge in [0.15, 0.2) is 0 Å². The first kappa shape index (κ1) is 16.2. The minimum absolute atomic E-state index is 0.224. The Labute approximate surface area is 143 Å². The van der Waals surface area contributed by atoms with Gasteiger partial charge in [-0.15, -0.1) is 0 Å². The van der Waals surface area contributed by atoms with Gasteiger partial charge in [0, 0.05) is 18.7 Å². The number of nitrogens with two attached hydrogens (primary N) is 1. The molecule has 0 aliphatic heterocycles.